The number of carbonyl (C=O) groups is 1. The molecule has 2 aromatic heterocycles. The number of anilines is 1. The van der Waals surface area contributed by atoms with Gasteiger partial charge in [-0.3, -0.25) is 0 Å². The van der Waals surface area contributed by atoms with Crippen molar-refractivity contribution in [1.29, 1.82) is 0 Å². The highest BCUT2D eigenvalue weighted by atomic mass is 16.5. The molecule has 0 aliphatic carbocycles. The highest BCUT2D eigenvalue weighted by Gasteiger charge is 2.12. The van der Waals surface area contributed by atoms with Crippen molar-refractivity contribution in [2.75, 3.05) is 5.32 Å². The molecule has 24 heavy (non-hydrogen) atoms. The molecule has 0 aliphatic heterocycles. The summed E-state index contributed by atoms with van der Waals surface area (Å²) >= 11 is 0. The molecule has 2 amide bonds. The summed E-state index contributed by atoms with van der Waals surface area (Å²) in [5.41, 5.74) is 1.36. The number of para-hydroxylation sites is 2. The number of aromatic nitrogens is 5. The molecule has 9 heteroatoms. The van der Waals surface area contributed by atoms with E-state index in [1.807, 2.05) is 32.0 Å². The number of benzene rings is 1. The maximum absolute atomic E-state index is 12.1. The third kappa shape index (κ3) is 3.40. The van der Waals surface area contributed by atoms with Gasteiger partial charge in [0.25, 0.3) is 0 Å². The van der Waals surface area contributed by atoms with Crippen LogP contribution in [0, 0.1) is 20.8 Å². The average Bonchev–Trinajstić information content (AvgIpc) is 3.11. The summed E-state index contributed by atoms with van der Waals surface area (Å²) in [5, 5.41) is 13.5. The number of aryl methyl sites for hydroxylation is 3. The Morgan fingerprint density at radius 3 is 2.67 bits per heavy atom. The van der Waals surface area contributed by atoms with Crippen LogP contribution in [0.2, 0.25) is 0 Å². The summed E-state index contributed by atoms with van der Waals surface area (Å²) in [5.74, 6) is 2.27. The summed E-state index contributed by atoms with van der Waals surface area (Å²) in [6.45, 7) is 5.54. The first-order valence-corrected chi connectivity index (χ1v) is 7.36. The number of hydrogen-bond acceptors (Lipinski definition) is 6. The molecule has 2 N–H and O–H groups in total. The first-order valence-electron chi connectivity index (χ1n) is 7.36. The van der Waals surface area contributed by atoms with Crippen molar-refractivity contribution in [3.05, 3.63) is 47.6 Å². The lowest BCUT2D eigenvalue weighted by Crippen LogP contribution is -2.29. The second-order valence-electron chi connectivity index (χ2n) is 5.17. The lowest BCUT2D eigenvalue weighted by atomic mass is 10.2. The van der Waals surface area contributed by atoms with Gasteiger partial charge in [0.2, 0.25) is 5.89 Å². The molecule has 0 aliphatic rings. The molecule has 124 valence electrons. The van der Waals surface area contributed by atoms with E-state index in [1.54, 1.807) is 17.7 Å². The Bertz CT molecular complexity index is 868. The Kier molecular flexibility index (Phi) is 4.23. The summed E-state index contributed by atoms with van der Waals surface area (Å²) in [7, 11) is 0. The van der Waals surface area contributed by atoms with Gasteiger partial charge in [0.1, 0.15) is 11.6 Å². The van der Waals surface area contributed by atoms with Gasteiger partial charge in [-0.25, -0.2) is 14.5 Å². The van der Waals surface area contributed by atoms with Crippen LogP contribution < -0.4 is 10.6 Å². The standard InChI is InChI=1S/C15H17N7O2/c1-9-17-10(2)22(20-9)13-7-5-4-6-12(13)19-15(23)16-8-14-18-11(3)24-21-14/h4-7H,8H2,1-3H3,(H2,16,19,23). The Morgan fingerprint density at radius 2 is 2.00 bits per heavy atom. The molecule has 0 atom stereocenters. The lowest BCUT2D eigenvalue weighted by molar-refractivity contribution is 0.251. The van der Waals surface area contributed by atoms with Gasteiger partial charge in [-0.05, 0) is 26.0 Å². The fourth-order valence-corrected chi connectivity index (χ4v) is 2.25. The number of carbonyl (C=O) groups excluding carboxylic acids is 1. The molecule has 9 nitrogen and oxygen atoms in total. The third-order valence-corrected chi connectivity index (χ3v) is 3.23. The molecule has 0 spiro atoms. The van der Waals surface area contributed by atoms with E-state index in [0.717, 1.165) is 11.5 Å². The summed E-state index contributed by atoms with van der Waals surface area (Å²) in [6.07, 6.45) is 0. The predicted octanol–water partition coefficient (Wildman–Crippen LogP) is 1.90. The van der Waals surface area contributed by atoms with Crippen molar-refractivity contribution < 1.29 is 9.32 Å². The number of nitrogens with one attached hydrogen (secondary N) is 2. The highest BCUT2D eigenvalue weighted by Crippen LogP contribution is 2.20. The van der Waals surface area contributed by atoms with Crippen LogP contribution in [0.25, 0.3) is 5.69 Å². The maximum atomic E-state index is 12.1. The van der Waals surface area contributed by atoms with Gasteiger partial charge in [-0.1, -0.05) is 17.3 Å². The molecule has 2 heterocycles. The van der Waals surface area contributed by atoms with E-state index < -0.39 is 0 Å². The zero-order valence-corrected chi connectivity index (χ0v) is 13.6. The molecule has 0 unspecified atom stereocenters. The van der Waals surface area contributed by atoms with Gasteiger partial charge in [0.05, 0.1) is 17.9 Å². The zero-order valence-electron chi connectivity index (χ0n) is 13.6. The van der Waals surface area contributed by atoms with Gasteiger partial charge in [0, 0.05) is 6.92 Å². The maximum Gasteiger partial charge on any atom is 0.319 e. The number of nitrogens with zero attached hydrogens (tertiary/aromatic N) is 5. The monoisotopic (exact) mass is 327 g/mol. The summed E-state index contributed by atoms with van der Waals surface area (Å²) < 4.78 is 6.54. The van der Waals surface area contributed by atoms with Crippen molar-refractivity contribution in [2.24, 2.45) is 0 Å². The van der Waals surface area contributed by atoms with Crippen molar-refractivity contribution in [2.45, 2.75) is 27.3 Å². The normalized spacial score (nSPS) is 10.6. The highest BCUT2D eigenvalue weighted by molar-refractivity contribution is 5.91. The third-order valence-electron chi connectivity index (χ3n) is 3.23. The van der Waals surface area contributed by atoms with Crippen LogP contribution in [-0.2, 0) is 6.54 Å². The fourth-order valence-electron chi connectivity index (χ4n) is 2.25. The van der Waals surface area contributed by atoms with Crippen LogP contribution in [0.4, 0.5) is 10.5 Å². The van der Waals surface area contributed by atoms with Gasteiger partial charge < -0.3 is 15.2 Å². The van der Waals surface area contributed by atoms with Gasteiger partial charge >= 0.3 is 6.03 Å². The lowest BCUT2D eigenvalue weighted by Gasteiger charge is -2.12. The van der Waals surface area contributed by atoms with E-state index >= 15 is 0 Å². The van der Waals surface area contributed by atoms with E-state index in [9.17, 15) is 4.79 Å². The first-order chi connectivity index (χ1) is 11.5. The minimum Gasteiger partial charge on any atom is -0.340 e. The van der Waals surface area contributed by atoms with Crippen molar-refractivity contribution in [3.8, 4) is 5.69 Å². The minimum atomic E-state index is -0.376. The van der Waals surface area contributed by atoms with E-state index in [-0.39, 0.29) is 12.6 Å². The fraction of sp³-hybridized carbons (Fsp3) is 0.267. The van der Waals surface area contributed by atoms with Crippen LogP contribution in [0.5, 0.6) is 0 Å². The minimum absolute atomic E-state index is 0.173. The Balaban J connectivity index is 1.73. The molecule has 0 saturated heterocycles. The number of amides is 2. The number of urea groups is 1. The Morgan fingerprint density at radius 1 is 1.21 bits per heavy atom. The van der Waals surface area contributed by atoms with Gasteiger partial charge in [0.15, 0.2) is 5.82 Å². The molecule has 0 radical (unpaired) electrons. The molecule has 3 aromatic rings. The van der Waals surface area contributed by atoms with Crippen LogP contribution in [0.15, 0.2) is 28.8 Å². The van der Waals surface area contributed by atoms with Crippen LogP contribution in [0.1, 0.15) is 23.4 Å². The summed E-state index contributed by atoms with van der Waals surface area (Å²) in [4.78, 5) is 20.4. The Hall–Kier alpha value is -3.23. The first kappa shape index (κ1) is 15.7. The predicted molar refractivity (Wildman–Crippen MR) is 85.7 cm³/mol. The summed E-state index contributed by atoms with van der Waals surface area (Å²) in [6, 6.07) is 6.99. The SMILES string of the molecule is Cc1nc(C)n(-c2ccccc2NC(=O)NCc2noc(C)n2)n1. The van der Waals surface area contributed by atoms with Crippen LogP contribution in [0.3, 0.4) is 0 Å². The van der Waals surface area contributed by atoms with E-state index in [4.69, 9.17) is 4.52 Å². The molecular weight excluding hydrogens is 310 g/mol. The largest absolute Gasteiger partial charge is 0.340 e. The van der Waals surface area contributed by atoms with Crippen molar-refractivity contribution >= 4 is 11.7 Å². The zero-order chi connectivity index (χ0) is 17.1. The molecule has 0 bridgehead atoms. The molecule has 0 fully saturated rings. The number of rotatable bonds is 4. The average molecular weight is 327 g/mol. The van der Waals surface area contributed by atoms with Crippen LogP contribution in [-0.4, -0.2) is 30.9 Å². The van der Waals surface area contributed by atoms with E-state index in [2.05, 4.69) is 30.9 Å². The second-order valence-corrected chi connectivity index (χ2v) is 5.17. The quantitative estimate of drug-likeness (QED) is 0.757. The van der Waals surface area contributed by atoms with Crippen molar-refractivity contribution in [1.82, 2.24) is 30.2 Å². The van der Waals surface area contributed by atoms with E-state index in [1.165, 1.54) is 0 Å². The van der Waals surface area contributed by atoms with Crippen molar-refractivity contribution in [3.63, 3.8) is 0 Å². The van der Waals surface area contributed by atoms with E-state index in [0.29, 0.717) is 23.2 Å². The number of hydrogen-bond donors (Lipinski definition) is 2. The molecular formula is C15H17N7O2. The second kappa shape index (κ2) is 6.49. The van der Waals surface area contributed by atoms with Crippen LogP contribution >= 0.6 is 0 Å². The smallest absolute Gasteiger partial charge is 0.319 e. The molecule has 3 rings (SSSR count). The Labute approximate surface area is 138 Å². The molecule has 1 aromatic carbocycles. The topological polar surface area (TPSA) is 111 Å². The van der Waals surface area contributed by atoms with Gasteiger partial charge in [-0.15, -0.1) is 0 Å². The molecule has 0 saturated carbocycles. The van der Waals surface area contributed by atoms with Gasteiger partial charge in [-0.2, -0.15) is 10.1 Å².